The molecule has 1 heterocycles. The molecule has 6 nitrogen and oxygen atoms in total. The summed E-state index contributed by atoms with van der Waals surface area (Å²) in [6.45, 7) is 0.407. The Morgan fingerprint density at radius 1 is 1.40 bits per heavy atom. The molecule has 0 aliphatic heterocycles. The van der Waals surface area contributed by atoms with Crippen molar-refractivity contribution in [1.82, 2.24) is 10.2 Å². The Labute approximate surface area is 128 Å². The van der Waals surface area contributed by atoms with E-state index in [1.807, 2.05) is 11.4 Å². The molecule has 0 saturated carbocycles. The quantitative estimate of drug-likeness (QED) is 0.813. The van der Waals surface area contributed by atoms with Crippen LogP contribution in [0, 0.1) is 0 Å². The van der Waals surface area contributed by atoms with Gasteiger partial charge in [0, 0.05) is 34.6 Å². The van der Waals surface area contributed by atoms with Gasteiger partial charge in [-0.3, -0.25) is 14.9 Å². The number of nitrogens with zero attached hydrogens (tertiary/aromatic N) is 1. The van der Waals surface area contributed by atoms with Gasteiger partial charge in [0.2, 0.25) is 5.91 Å². The highest BCUT2D eigenvalue weighted by Gasteiger charge is 2.13. The number of hydrogen-bond donors (Lipinski definition) is 2. The van der Waals surface area contributed by atoms with Gasteiger partial charge in [-0.15, -0.1) is 11.3 Å². The molecule has 2 N–H and O–H groups in total. The Bertz CT molecular complexity index is 503. The molecule has 0 bridgehead atoms. The van der Waals surface area contributed by atoms with Gasteiger partial charge in [-0.05, 0) is 28.4 Å². The largest absolute Gasteiger partial charge is 0.481 e. The Balaban J connectivity index is 2.33. The van der Waals surface area contributed by atoms with Crippen molar-refractivity contribution in [1.29, 1.82) is 0 Å². The van der Waals surface area contributed by atoms with Crippen LogP contribution in [0.2, 0.25) is 0 Å². The Morgan fingerprint density at radius 3 is 2.65 bits per heavy atom. The molecule has 8 heteroatoms. The molecule has 0 spiro atoms. The van der Waals surface area contributed by atoms with E-state index in [1.165, 1.54) is 16.2 Å². The van der Waals surface area contributed by atoms with Gasteiger partial charge in [-0.1, -0.05) is 0 Å². The molecule has 0 aromatic carbocycles. The second-order valence-corrected chi connectivity index (χ2v) is 6.10. The molecule has 0 unspecified atom stereocenters. The van der Waals surface area contributed by atoms with E-state index in [1.54, 1.807) is 7.05 Å². The van der Waals surface area contributed by atoms with Crippen molar-refractivity contribution in [2.75, 3.05) is 7.05 Å². The van der Waals surface area contributed by atoms with E-state index in [4.69, 9.17) is 5.11 Å². The fraction of sp³-hybridized carbons (Fsp3) is 0.417. The zero-order chi connectivity index (χ0) is 15.1. The average molecular weight is 363 g/mol. The number of carboxylic acids is 1. The van der Waals surface area contributed by atoms with E-state index in [9.17, 15) is 14.4 Å². The first kappa shape index (κ1) is 16.6. The van der Waals surface area contributed by atoms with Crippen LogP contribution in [0.5, 0.6) is 0 Å². The molecular weight excluding hydrogens is 348 g/mol. The van der Waals surface area contributed by atoms with Gasteiger partial charge in [0.15, 0.2) is 0 Å². The summed E-state index contributed by atoms with van der Waals surface area (Å²) in [6.07, 6.45) is 0.160. The molecule has 110 valence electrons. The van der Waals surface area contributed by atoms with Crippen LogP contribution in [0.4, 0.5) is 4.79 Å². The SMILES string of the molecule is CN(Cc1cc(Br)cs1)C(=O)NC(=O)CCCC(=O)O. The van der Waals surface area contributed by atoms with Gasteiger partial charge in [-0.2, -0.15) is 0 Å². The minimum absolute atomic E-state index is 0.0242. The highest BCUT2D eigenvalue weighted by atomic mass is 79.9. The number of nitrogens with one attached hydrogen (secondary N) is 1. The highest BCUT2D eigenvalue weighted by molar-refractivity contribution is 9.10. The predicted octanol–water partition coefficient (Wildman–Crippen LogP) is 2.43. The lowest BCUT2D eigenvalue weighted by Crippen LogP contribution is -2.40. The Morgan fingerprint density at radius 2 is 2.10 bits per heavy atom. The van der Waals surface area contributed by atoms with E-state index < -0.39 is 17.9 Å². The maximum atomic E-state index is 11.7. The van der Waals surface area contributed by atoms with Crippen molar-refractivity contribution in [3.05, 3.63) is 20.8 Å². The second-order valence-electron chi connectivity index (χ2n) is 4.19. The summed E-state index contributed by atoms with van der Waals surface area (Å²) in [5.74, 6) is -1.42. The number of amides is 3. The third-order valence-electron chi connectivity index (χ3n) is 2.40. The van der Waals surface area contributed by atoms with Gasteiger partial charge in [0.05, 0.1) is 6.54 Å². The van der Waals surface area contributed by atoms with Gasteiger partial charge in [0.1, 0.15) is 0 Å². The number of hydrogen-bond acceptors (Lipinski definition) is 4. The van der Waals surface area contributed by atoms with E-state index in [0.29, 0.717) is 6.54 Å². The summed E-state index contributed by atoms with van der Waals surface area (Å²) >= 11 is 4.84. The summed E-state index contributed by atoms with van der Waals surface area (Å²) in [7, 11) is 1.59. The number of carbonyl (C=O) groups excluding carboxylic acids is 2. The van der Waals surface area contributed by atoms with Crippen LogP contribution in [0.3, 0.4) is 0 Å². The molecule has 0 aliphatic rings. The number of thiophene rings is 1. The summed E-state index contributed by atoms with van der Waals surface area (Å²) in [6, 6.07) is 1.41. The molecule has 0 radical (unpaired) electrons. The first-order chi connectivity index (χ1) is 9.38. The van der Waals surface area contributed by atoms with Crippen LogP contribution >= 0.6 is 27.3 Å². The summed E-state index contributed by atoms with van der Waals surface area (Å²) in [4.78, 5) is 35.9. The summed E-state index contributed by atoms with van der Waals surface area (Å²) < 4.78 is 0.955. The summed E-state index contributed by atoms with van der Waals surface area (Å²) in [5.41, 5.74) is 0. The minimum Gasteiger partial charge on any atom is -0.481 e. The number of halogens is 1. The van der Waals surface area contributed by atoms with E-state index >= 15 is 0 Å². The first-order valence-electron chi connectivity index (χ1n) is 5.88. The minimum atomic E-state index is -0.954. The molecule has 0 fully saturated rings. The van der Waals surface area contributed by atoms with Crippen molar-refractivity contribution in [2.24, 2.45) is 0 Å². The number of imide groups is 1. The van der Waals surface area contributed by atoms with E-state index in [2.05, 4.69) is 21.2 Å². The number of aliphatic carboxylic acids is 1. The van der Waals surface area contributed by atoms with Gasteiger partial charge >= 0.3 is 12.0 Å². The molecular formula is C12H15BrN2O4S. The van der Waals surface area contributed by atoms with Crippen LogP contribution < -0.4 is 5.32 Å². The number of carboxylic acid groups (broad SMARTS) is 1. The van der Waals surface area contributed by atoms with Crippen molar-refractivity contribution in [3.63, 3.8) is 0 Å². The number of urea groups is 1. The molecule has 1 rings (SSSR count). The highest BCUT2D eigenvalue weighted by Crippen LogP contribution is 2.20. The van der Waals surface area contributed by atoms with Crippen LogP contribution in [0.1, 0.15) is 24.1 Å². The van der Waals surface area contributed by atoms with Crippen LogP contribution in [-0.4, -0.2) is 35.0 Å². The fourth-order valence-electron chi connectivity index (χ4n) is 1.42. The predicted molar refractivity (Wildman–Crippen MR) is 78.5 cm³/mol. The molecule has 3 amide bonds. The molecule has 0 atom stereocenters. The Hall–Kier alpha value is -1.41. The van der Waals surface area contributed by atoms with Crippen molar-refractivity contribution in [2.45, 2.75) is 25.8 Å². The van der Waals surface area contributed by atoms with E-state index in [0.717, 1.165) is 9.35 Å². The standard InChI is InChI=1S/C12H15BrN2O4S/c1-15(6-9-5-8(13)7-20-9)12(19)14-10(16)3-2-4-11(17)18/h5,7H,2-4,6H2,1H3,(H,17,18)(H,14,16,19). The molecule has 1 aromatic rings. The number of rotatable bonds is 6. The molecule has 20 heavy (non-hydrogen) atoms. The lowest BCUT2D eigenvalue weighted by Gasteiger charge is -2.16. The van der Waals surface area contributed by atoms with Gasteiger partial charge in [-0.25, -0.2) is 4.79 Å². The average Bonchev–Trinajstić information content (AvgIpc) is 2.74. The molecule has 0 saturated heterocycles. The monoisotopic (exact) mass is 362 g/mol. The normalized spacial score (nSPS) is 10.1. The Kier molecular flexibility index (Phi) is 6.66. The van der Waals surface area contributed by atoms with Crippen molar-refractivity contribution >= 4 is 45.2 Å². The fourth-order valence-corrected chi connectivity index (χ4v) is 2.92. The first-order valence-corrected chi connectivity index (χ1v) is 7.55. The topological polar surface area (TPSA) is 86.7 Å². The zero-order valence-electron chi connectivity index (χ0n) is 10.9. The van der Waals surface area contributed by atoms with Crippen LogP contribution in [0.25, 0.3) is 0 Å². The maximum Gasteiger partial charge on any atom is 0.324 e. The zero-order valence-corrected chi connectivity index (χ0v) is 13.3. The second kappa shape index (κ2) is 8.01. The third kappa shape index (κ3) is 6.16. The van der Waals surface area contributed by atoms with Crippen LogP contribution in [-0.2, 0) is 16.1 Å². The van der Waals surface area contributed by atoms with Gasteiger partial charge in [0.25, 0.3) is 0 Å². The lowest BCUT2D eigenvalue weighted by molar-refractivity contribution is -0.137. The number of carbonyl (C=O) groups is 3. The summed E-state index contributed by atoms with van der Waals surface area (Å²) in [5, 5.41) is 12.6. The molecule has 0 aliphatic carbocycles. The van der Waals surface area contributed by atoms with E-state index in [-0.39, 0.29) is 19.3 Å². The smallest absolute Gasteiger partial charge is 0.324 e. The van der Waals surface area contributed by atoms with Gasteiger partial charge < -0.3 is 10.0 Å². The van der Waals surface area contributed by atoms with Crippen LogP contribution in [0.15, 0.2) is 15.9 Å². The van der Waals surface area contributed by atoms with Crippen molar-refractivity contribution < 1.29 is 19.5 Å². The third-order valence-corrected chi connectivity index (χ3v) is 4.08. The van der Waals surface area contributed by atoms with Crippen molar-refractivity contribution in [3.8, 4) is 0 Å². The maximum absolute atomic E-state index is 11.7. The molecule has 1 aromatic heterocycles. The lowest BCUT2D eigenvalue weighted by atomic mass is 10.2.